The lowest BCUT2D eigenvalue weighted by Gasteiger charge is -2.33. The Balaban J connectivity index is 2.08. The molecule has 0 aliphatic rings. The highest BCUT2D eigenvalue weighted by Crippen LogP contribution is 2.31. The van der Waals surface area contributed by atoms with Crippen LogP contribution in [-0.2, 0) is 26.2 Å². The van der Waals surface area contributed by atoms with Gasteiger partial charge in [0.2, 0.25) is 11.8 Å². The molecular weight excluding hydrogens is 677 g/mol. The van der Waals surface area contributed by atoms with Crippen LogP contribution in [0.4, 0.5) is 5.69 Å². The van der Waals surface area contributed by atoms with Crippen LogP contribution in [0.5, 0.6) is 5.75 Å². The number of hydrogen-bond donors (Lipinski definition) is 1. The molecule has 2 amide bonds. The third-order valence-electron chi connectivity index (χ3n) is 6.72. The Morgan fingerprint density at radius 3 is 2.23 bits per heavy atom. The fourth-order valence-corrected chi connectivity index (χ4v) is 6.81. The van der Waals surface area contributed by atoms with E-state index in [0.717, 1.165) is 9.87 Å². The number of sulfonamides is 1. The van der Waals surface area contributed by atoms with Crippen LogP contribution in [0.25, 0.3) is 0 Å². The molecule has 0 aromatic heterocycles. The number of anilines is 1. The molecule has 8 nitrogen and oxygen atoms in total. The van der Waals surface area contributed by atoms with Gasteiger partial charge in [-0.1, -0.05) is 67.7 Å². The molecule has 0 aliphatic heterocycles. The number of methoxy groups -OCH3 is 1. The van der Waals surface area contributed by atoms with E-state index >= 15 is 0 Å². The summed E-state index contributed by atoms with van der Waals surface area (Å²) in [6.07, 6.45) is 0.305. The first-order chi connectivity index (χ1) is 20.3. The summed E-state index contributed by atoms with van der Waals surface area (Å²) in [5.74, 6) is -0.225. The Kier molecular flexibility index (Phi) is 12.3. The molecule has 0 saturated carbocycles. The number of aryl methyl sites for hydroxylation is 1. The van der Waals surface area contributed by atoms with Gasteiger partial charge in [-0.15, -0.1) is 0 Å². The summed E-state index contributed by atoms with van der Waals surface area (Å²) in [6, 6.07) is 15.3. The van der Waals surface area contributed by atoms with Crippen molar-refractivity contribution in [3.63, 3.8) is 0 Å². The van der Waals surface area contributed by atoms with Crippen molar-refractivity contribution in [2.45, 2.75) is 51.6 Å². The number of rotatable bonds is 13. The quantitative estimate of drug-likeness (QED) is 0.209. The van der Waals surface area contributed by atoms with Gasteiger partial charge in [-0.25, -0.2) is 8.42 Å². The number of carbonyl (C=O) groups excluding carboxylic acids is 2. The molecule has 0 saturated heterocycles. The molecule has 232 valence electrons. The molecule has 0 heterocycles. The van der Waals surface area contributed by atoms with Gasteiger partial charge in [0.15, 0.2) is 0 Å². The van der Waals surface area contributed by atoms with Crippen LogP contribution in [0.2, 0.25) is 10.0 Å². The highest BCUT2D eigenvalue weighted by molar-refractivity contribution is 9.10. The maximum atomic E-state index is 14.2. The van der Waals surface area contributed by atoms with Gasteiger partial charge in [0.1, 0.15) is 18.3 Å². The van der Waals surface area contributed by atoms with E-state index in [1.807, 2.05) is 20.8 Å². The van der Waals surface area contributed by atoms with E-state index in [1.165, 1.54) is 30.2 Å². The van der Waals surface area contributed by atoms with Crippen LogP contribution < -0.4 is 14.4 Å². The smallest absolute Gasteiger partial charge is 0.264 e. The second kappa shape index (κ2) is 15.3. The molecule has 1 atom stereocenters. The zero-order chi connectivity index (χ0) is 31.9. The predicted molar refractivity (Wildman–Crippen MR) is 175 cm³/mol. The predicted octanol–water partition coefficient (Wildman–Crippen LogP) is 6.85. The van der Waals surface area contributed by atoms with Crippen molar-refractivity contribution < 1.29 is 22.7 Å². The number of amides is 2. The summed E-state index contributed by atoms with van der Waals surface area (Å²) in [7, 11) is -2.76. The first kappa shape index (κ1) is 34.7. The van der Waals surface area contributed by atoms with Crippen molar-refractivity contribution in [3.05, 3.63) is 86.3 Å². The van der Waals surface area contributed by atoms with Crippen molar-refractivity contribution >= 4 is 66.7 Å². The Morgan fingerprint density at radius 1 is 1.00 bits per heavy atom. The van der Waals surface area contributed by atoms with Gasteiger partial charge in [0.25, 0.3) is 10.0 Å². The molecule has 1 N–H and O–H groups in total. The number of benzene rings is 3. The zero-order valence-corrected chi connectivity index (χ0v) is 28.6. The van der Waals surface area contributed by atoms with Crippen molar-refractivity contribution in [2.75, 3.05) is 24.5 Å². The van der Waals surface area contributed by atoms with Crippen LogP contribution in [0.15, 0.2) is 70.0 Å². The lowest BCUT2D eigenvalue weighted by atomic mass is 10.1. The minimum Gasteiger partial charge on any atom is -0.496 e. The average Bonchev–Trinajstić information content (AvgIpc) is 2.96. The first-order valence-electron chi connectivity index (χ1n) is 13.7. The van der Waals surface area contributed by atoms with E-state index in [1.54, 1.807) is 49.4 Å². The average molecular weight is 714 g/mol. The normalized spacial score (nSPS) is 12.1. The number of nitrogens with zero attached hydrogens (tertiary/aromatic N) is 2. The number of halogens is 3. The molecule has 0 radical (unpaired) electrons. The molecule has 43 heavy (non-hydrogen) atoms. The molecule has 3 aromatic carbocycles. The maximum absolute atomic E-state index is 14.2. The summed E-state index contributed by atoms with van der Waals surface area (Å²) in [5, 5.41) is 3.57. The number of carbonyl (C=O) groups is 2. The Bertz CT molecular complexity index is 1550. The van der Waals surface area contributed by atoms with Gasteiger partial charge in [-0.3, -0.25) is 13.9 Å². The van der Waals surface area contributed by atoms with Gasteiger partial charge in [0.05, 0.1) is 32.2 Å². The van der Waals surface area contributed by atoms with Gasteiger partial charge < -0.3 is 15.0 Å². The van der Waals surface area contributed by atoms with Crippen LogP contribution in [0.3, 0.4) is 0 Å². The minimum absolute atomic E-state index is 0.0131. The van der Waals surface area contributed by atoms with Gasteiger partial charge in [0, 0.05) is 13.1 Å². The number of hydrogen-bond acceptors (Lipinski definition) is 5. The fraction of sp³-hybridized carbons (Fsp3) is 0.355. The highest BCUT2D eigenvalue weighted by atomic mass is 79.9. The fourth-order valence-electron chi connectivity index (χ4n) is 4.35. The highest BCUT2D eigenvalue weighted by Gasteiger charge is 2.34. The van der Waals surface area contributed by atoms with Gasteiger partial charge in [-0.2, -0.15) is 0 Å². The molecule has 0 aliphatic carbocycles. The van der Waals surface area contributed by atoms with Crippen LogP contribution in [0.1, 0.15) is 38.3 Å². The number of ether oxygens (including phenoxy) is 1. The van der Waals surface area contributed by atoms with Crippen molar-refractivity contribution in [1.82, 2.24) is 10.2 Å². The van der Waals surface area contributed by atoms with E-state index in [9.17, 15) is 18.0 Å². The van der Waals surface area contributed by atoms with Crippen LogP contribution in [-0.4, -0.2) is 51.4 Å². The summed E-state index contributed by atoms with van der Waals surface area (Å²) in [6.45, 7) is 7.53. The molecule has 0 spiro atoms. The largest absolute Gasteiger partial charge is 0.496 e. The lowest BCUT2D eigenvalue weighted by molar-refractivity contribution is -0.140. The maximum Gasteiger partial charge on any atom is 0.264 e. The van der Waals surface area contributed by atoms with Crippen LogP contribution >= 0.6 is 39.1 Å². The van der Waals surface area contributed by atoms with Crippen molar-refractivity contribution in [1.29, 1.82) is 0 Å². The third-order valence-corrected chi connectivity index (χ3v) is 9.85. The minimum atomic E-state index is -4.24. The first-order valence-corrected chi connectivity index (χ1v) is 16.7. The zero-order valence-electron chi connectivity index (χ0n) is 24.7. The Hall–Kier alpha value is -2.79. The molecule has 1 unspecified atom stereocenters. The second-order valence-corrected chi connectivity index (χ2v) is 14.0. The van der Waals surface area contributed by atoms with E-state index in [0.29, 0.717) is 44.5 Å². The molecule has 3 aromatic rings. The monoisotopic (exact) mass is 711 g/mol. The van der Waals surface area contributed by atoms with E-state index in [-0.39, 0.29) is 23.3 Å². The molecule has 0 bridgehead atoms. The molecule has 12 heteroatoms. The van der Waals surface area contributed by atoms with E-state index in [2.05, 4.69) is 21.2 Å². The van der Waals surface area contributed by atoms with E-state index in [4.69, 9.17) is 27.9 Å². The van der Waals surface area contributed by atoms with Gasteiger partial charge >= 0.3 is 0 Å². The third kappa shape index (κ3) is 8.88. The second-order valence-electron chi connectivity index (χ2n) is 10.5. The SMILES string of the molecule is CCC(C(=O)NCC(C)C)N(Cc1ccc(Cl)c(Cl)c1)C(=O)CN(c1ccc(C)cc1)S(=O)(=O)c1ccc(OC)c(Br)c1. The van der Waals surface area contributed by atoms with Crippen LogP contribution in [0, 0.1) is 12.8 Å². The lowest BCUT2D eigenvalue weighted by Crippen LogP contribution is -2.52. The van der Waals surface area contributed by atoms with E-state index < -0.39 is 28.5 Å². The van der Waals surface area contributed by atoms with Gasteiger partial charge in [-0.05, 0) is 83.2 Å². The summed E-state index contributed by atoms with van der Waals surface area (Å²) in [5.41, 5.74) is 1.87. The summed E-state index contributed by atoms with van der Waals surface area (Å²) in [4.78, 5) is 28.9. The van der Waals surface area contributed by atoms with Crippen molar-refractivity contribution in [3.8, 4) is 5.75 Å². The molecule has 0 fully saturated rings. The standard InChI is InChI=1S/C31H36BrCl2N3O5S/c1-6-28(31(39)35-17-20(2)3)36(18-22-9-13-26(33)27(34)15-22)30(38)19-37(23-10-7-21(4)8-11-23)43(40,41)24-12-14-29(42-5)25(32)16-24/h7-16,20,28H,6,17-19H2,1-5H3,(H,35,39). The summed E-state index contributed by atoms with van der Waals surface area (Å²) >= 11 is 15.7. The Morgan fingerprint density at radius 2 is 1.67 bits per heavy atom. The Labute approximate surface area is 272 Å². The molecule has 3 rings (SSSR count). The summed E-state index contributed by atoms with van der Waals surface area (Å²) < 4.78 is 35.0. The number of nitrogens with one attached hydrogen (secondary N) is 1. The molecular formula is C31H36BrCl2N3O5S. The van der Waals surface area contributed by atoms with Crippen molar-refractivity contribution in [2.24, 2.45) is 5.92 Å². The topological polar surface area (TPSA) is 96.0 Å².